The summed E-state index contributed by atoms with van der Waals surface area (Å²) in [5.41, 5.74) is 8.12. The summed E-state index contributed by atoms with van der Waals surface area (Å²) in [5, 5.41) is 13.3. The lowest BCUT2D eigenvalue weighted by molar-refractivity contribution is 0.181. The van der Waals surface area contributed by atoms with E-state index in [1.807, 2.05) is 0 Å². The number of hydrogen-bond donors (Lipinski definition) is 1. The first-order valence-electron chi connectivity index (χ1n) is 7.11. The van der Waals surface area contributed by atoms with Gasteiger partial charge in [0.05, 0.1) is 24.7 Å². The SMILES string of the molecule is CN(Cc1ccco1)S(=O)(=O)CC(O)CCCCCN=[N+]=[N-]. The van der Waals surface area contributed by atoms with Crippen LogP contribution in [0.1, 0.15) is 31.4 Å². The summed E-state index contributed by atoms with van der Waals surface area (Å²) < 4.78 is 30.5. The Labute approximate surface area is 130 Å². The van der Waals surface area contributed by atoms with Gasteiger partial charge < -0.3 is 9.52 Å². The molecule has 0 aliphatic carbocycles. The van der Waals surface area contributed by atoms with Crippen LogP contribution in [0.5, 0.6) is 0 Å². The van der Waals surface area contributed by atoms with Crippen LogP contribution >= 0.6 is 0 Å². The Kier molecular flexibility index (Phi) is 7.97. The van der Waals surface area contributed by atoms with Gasteiger partial charge in [-0.05, 0) is 30.5 Å². The molecule has 22 heavy (non-hydrogen) atoms. The zero-order valence-corrected chi connectivity index (χ0v) is 13.4. The Morgan fingerprint density at radius 1 is 1.45 bits per heavy atom. The maximum absolute atomic E-state index is 12.1. The van der Waals surface area contributed by atoms with Crippen molar-refractivity contribution in [3.05, 3.63) is 34.6 Å². The second kappa shape index (κ2) is 9.47. The van der Waals surface area contributed by atoms with Crippen LogP contribution in [0.25, 0.3) is 10.4 Å². The lowest BCUT2D eigenvalue weighted by Crippen LogP contribution is -2.33. The van der Waals surface area contributed by atoms with Gasteiger partial charge in [0.25, 0.3) is 0 Å². The highest BCUT2D eigenvalue weighted by Crippen LogP contribution is 2.12. The molecule has 1 aromatic rings. The summed E-state index contributed by atoms with van der Waals surface area (Å²) in [6, 6.07) is 3.40. The molecule has 0 saturated heterocycles. The Morgan fingerprint density at radius 3 is 2.86 bits per heavy atom. The number of rotatable bonds is 11. The van der Waals surface area contributed by atoms with Crippen molar-refractivity contribution >= 4 is 10.0 Å². The lowest BCUT2D eigenvalue weighted by Gasteiger charge is -2.18. The third kappa shape index (κ3) is 6.95. The van der Waals surface area contributed by atoms with Crippen molar-refractivity contribution in [1.82, 2.24) is 4.31 Å². The van der Waals surface area contributed by atoms with Crippen LogP contribution in [0.2, 0.25) is 0 Å². The summed E-state index contributed by atoms with van der Waals surface area (Å²) >= 11 is 0. The minimum absolute atomic E-state index is 0.147. The number of azide groups is 1. The molecule has 0 saturated carbocycles. The van der Waals surface area contributed by atoms with Crippen LogP contribution in [-0.2, 0) is 16.6 Å². The molecule has 0 spiro atoms. The first-order valence-corrected chi connectivity index (χ1v) is 8.72. The van der Waals surface area contributed by atoms with Gasteiger partial charge in [-0.15, -0.1) is 0 Å². The monoisotopic (exact) mass is 330 g/mol. The van der Waals surface area contributed by atoms with E-state index >= 15 is 0 Å². The highest BCUT2D eigenvalue weighted by atomic mass is 32.2. The lowest BCUT2D eigenvalue weighted by atomic mass is 10.1. The van der Waals surface area contributed by atoms with Gasteiger partial charge in [0.15, 0.2) is 0 Å². The van der Waals surface area contributed by atoms with Crippen LogP contribution in [0.15, 0.2) is 27.9 Å². The molecule has 0 radical (unpaired) electrons. The topological polar surface area (TPSA) is 120 Å². The van der Waals surface area contributed by atoms with Gasteiger partial charge in [-0.2, -0.15) is 4.31 Å². The Bertz CT molecular complexity index is 567. The number of unbranched alkanes of at least 4 members (excludes halogenated alkanes) is 2. The average Bonchev–Trinajstić information content (AvgIpc) is 2.95. The maximum Gasteiger partial charge on any atom is 0.216 e. The molecule has 0 bridgehead atoms. The predicted octanol–water partition coefficient (Wildman–Crippen LogP) is 2.27. The third-order valence-corrected chi connectivity index (χ3v) is 5.08. The van der Waals surface area contributed by atoms with Crippen LogP contribution in [0.4, 0.5) is 0 Å². The first kappa shape index (κ1) is 18.5. The standard InChI is InChI=1S/C13H22N4O4S/c1-17(10-13-7-5-9-21-13)22(19,20)11-12(18)6-3-2-4-8-15-16-14/h5,7,9,12,18H,2-4,6,8,10-11H2,1H3. The molecular weight excluding hydrogens is 308 g/mol. The van der Waals surface area contributed by atoms with E-state index in [0.29, 0.717) is 25.1 Å². The summed E-state index contributed by atoms with van der Waals surface area (Å²) in [4.78, 5) is 2.65. The molecule has 9 heteroatoms. The second-order valence-corrected chi connectivity index (χ2v) is 7.19. The molecule has 0 amide bonds. The molecule has 0 aliphatic heterocycles. The van der Waals surface area contributed by atoms with Gasteiger partial charge in [-0.1, -0.05) is 18.0 Å². The Hall–Kier alpha value is -1.54. The second-order valence-electron chi connectivity index (χ2n) is 5.07. The van der Waals surface area contributed by atoms with Gasteiger partial charge in [0.1, 0.15) is 5.76 Å². The van der Waals surface area contributed by atoms with E-state index < -0.39 is 16.1 Å². The molecule has 0 aliphatic rings. The van der Waals surface area contributed by atoms with E-state index in [9.17, 15) is 13.5 Å². The zero-order chi connectivity index (χ0) is 16.4. The minimum atomic E-state index is -3.53. The fourth-order valence-corrected chi connectivity index (χ4v) is 3.19. The van der Waals surface area contributed by atoms with Gasteiger partial charge in [-0.25, -0.2) is 8.42 Å². The van der Waals surface area contributed by atoms with Crippen LogP contribution in [0.3, 0.4) is 0 Å². The first-order chi connectivity index (χ1) is 10.5. The summed E-state index contributed by atoms with van der Waals surface area (Å²) in [6.45, 7) is 0.574. The van der Waals surface area contributed by atoms with E-state index in [1.165, 1.54) is 17.6 Å². The molecule has 1 aromatic heterocycles. The van der Waals surface area contributed by atoms with Gasteiger partial charge >= 0.3 is 0 Å². The largest absolute Gasteiger partial charge is 0.468 e. The smallest absolute Gasteiger partial charge is 0.216 e. The maximum atomic E-state index is 12.1. The van der Waals surface area contributed by atoms with E-state index in [4.69, 9.17) is 9.95 Å². The highest BCUT2D eigenvalue weighted by molar-refractivity contribution is 7.89. The van der Waals surface area contributed by atoms with Crippen molar-refractivity contribution in [3.63, 3.8) is 0 Å². The quantitative estimate of drug-likeness (QED) is 0.289. The molecule has 1 atom stereocenters. The number of furan rings is 1. The average molecular weight is 330 g/mol. The molecule has 1 N–H and O–H groups in total. The number of sulfonamides is 1. The van der Waals surface area contributed by atoms with E-state index in [2.05, 4.69) is 10.0 Å². The van der Waals surface area contributed by atoms with E-state index in [1.54, 1.807) is 12.1 Å². The van der Waals surface area contributed by atoms with Crippen molar-refractivity contribution in [2.45, 2.75) is 38.3 Å². The normalized spacial score (nSPS) is 13.0. The Balaban J connectivity index is 2.31. The molecule has 0 aromatic carbocycles. The van der Waals surface area contributed by atoms with Crippen molar-refractivity contribution in [3.8, 4) is 0 Å². The van der Waals surface area contributed by atoms with Crippen molar-refractivity contribution in [2.24, 2.45) is 5.11 Å². The zero-order valence-electron chi connectivity index (χ0n) is 12.6. The predicted molar refractivity (Wildman–Crippen MR) is 82.4 cm³/mol. The highest BCUT2D eigenvalue weighted by Gasteiger charge is 2.22. The summed E-state index contributed by atoms with van der Waals surface area (Å²) in [6.07, 6.45) is 3.22. The molecule has 1 rings (SSSR count). The molecule has 0 fully saturated rings. The van der Waals surface area contributed by atoms with E-state index in [0.717, 1.165) is 12.8 Å². The fourth-order valence-electron chi connectivity index (χ4n) is 1.96. The van der Waals surface area contributed by atoms with Gasteiger partial charge in [0.2, 0.25) is 10.0 Å². The van der Waals surface area contributed by atoms with Crippen LogP contribution in [0, 0.1) is 0 Å². The van der Waals surface area contributed by atoms with E-state index in [-0.39, 0.29) is 12.3 Å². The number of hydrogen-bond acceptors (Lipinski definition) is 5. The minimum Gasteiger partial charge on any atom is -0.468 e. The van der Waals surface area contributed by atoms with Crippen LogP contribution < -0.4 is 0 Å². The van der Waals surface area contributed by atoms with Gasteiger partial charge in [-0.3, -0.25) is 0 Å². The van der Waals surface area contributed by atoms with Crippen molar-refractivity contribution < 1.29 is 17.9 Å². The number of aliphatic hydroxyl groups is 1. The van der Waals surface area contributed by atoms with Gasteiger partial charge in [0, 0.05) is 18.5 Å². The summed E-state index contributed by atoms with van der Waals surface area (Å²) in [7, 11) is -2.07. The Morgan fingerprint density at radius 2 is 2.23 bits per heavy atom. The summed E-state index contributed by atoms with van der Waals surface area (Å²) in [5.74, 6) is 0.249. The molecular formula is C13H22N4O4S. The third-order valence-electron chi connectivity index (χ3n) is 3.20. The van der Waals surface area contributed by atoms with Crippen LogP contribution in [-0.4, -0.2) is 43.3 Å². The molecule has 1 heterocycles. The molecule has 1 unspecified atom stereocenters. The fraction of sp³-hybridized carbons (Fsp3) is 0.692. The van der Waals surface area contributed by atoms with Crippen molar-refractivity contribution in [2.75, 3.05) is 19.3 Å². The number of nitrogens with zero attached hydrogens (tertiary/aromatic N) is 4. The van der Waals surface area contributed by atoms with Crippen molar-refractivity contribution in [1.29, 1.82) is 0 Å². The number of aliphatic hydroxyl groups excluding tert-OH is 1. The molecule has 8 nitrogen and oxygen atoms in total. The molecule has 124 valence electrons.